The van der Waals surface area contributed by atoms with Gasteiger partial charge in [0.05, 0.1) is 5.25 Å². The van der Waals surface area contributed by atoms with Crippen molar-refractivity contribution in [1.82, 2.24) is 14.9 Å². The first-order chi connectivity index (χ1) is 15.7. The Morgan fingerprint density at radius 1 is 1.06 bits per heavy atom. The van der Waals surface area contributed by atoms with Gasteiger partial charge in [-0.05, 0) is 54.8 Å². The first-order valence-electron chi connectivity index (χ1n) is 10.2. The van der Waals surface area contributed by atoms with Gasteiger partial charge >= 0.3 is 6.61 Å². The highest BCUT2D eigenvalue weighted by Crippen LogP contribution is 2.24. The first kappa shape index (κ1) is 24.3. The van der Waals surface area contributed by atoms with Gasteiger partial charge in [-0.2, -0.15) is 8.78 Å². The molecular weight excluding hydrogens is 452 g/mol. The zero-order chi connectivity index (χ0) is 24.0. The minimum Gasteiger partial charge on any atom is -0.486 e. The van der Waals surface area contributed by atoms with Gasteiger partial charge in [-0.25, -0.2) is 4.68 Å². The normalized spacial score (nSPS) is 12.1. The number of hydrogen-bond acceptors (Lipinski definition) is 7. The summed E-state index contributed by atoms with van der Waals surface area (Å²) in [5, 5.41) is 10.6. The Hall–Kier alpha value is -3.34. The second-order valence-electron chi connectivity index (χ2n) is 7.43. The lowest BCUT2D eigenvalue weighted by molar-refractivity contribution is -0.115. The summed E-state index contributed by atoms with van der Waals surface area (Å²) >= 11 is 1.13. The quantitative estimate of drug-likeness (QED) is 0.329. The molecule has 0 radical (unpaired) electrons. The number of alkyl halides is 2. The molecule has 176 valence electrons. The number of nitrogen functional groups attached to an aromatic ring is 1. The predicted molar refractivity (Wildman–Crippen MR) is 122 cm³/mol. The Labute approximate surface area is 194 Å². The summed E-state index contributed by atoms with van der Waals surface area (Å²) in [6, 6.07) is 13.4. The highest BCUT2D eigenvalue weighted by Gasteiger charge is 2.20. The highest BCUT2D eigenvalue weighted by molar-refractivity contribution is 8.00. The SMILES string of the molecule is CC(Sc1nnc(COc2ccc(C(C)C)cc2)n1N)C(=O)Nc1ccc(OC(F)F)cc1. The van der Waals surface area contributed by atoms with Crippen LogP contribution in [0.25, 0.3) is 0 Å². The predicted octanol–water partition coefficient (Wildman–Crippen LogP) is 4.42. The number of nitrogens with two attached hydrogens (primary N) is 1. The fourth-order valence-corrected chi connectivity index (χ4v) is 3.55. The summed E-state index contributed by atoms with van der Waals surface area (Å²) in [5.74, 6) is 7.30. The smallest absolute Gasteiger partial charge is 0.387 e. The van der Waals surface area contributed by atoms with Gasteiger partial charge in [0, 0.05) is 5.69 Å². The van der Waals surface area contributed by atoms with Crippen LogP contribution in [0, 0.1) is 0 Å². The second-order valence-corrected chi connectivity index (χ2v) is 8.74. The van der Waals surface area contributed by atoms with Gasteiger partial charge in [-0.1, -0.05) is 37.7 Å². The minimum atomic E-state index is -2.91. The summed E-state index contributed by atoms with van der Waals surface area (Å²) in [4.78, 5) is 12.5. The fraction of sp³-hybridized carbons (Fsp3) is 0.318. The summed E-state index contributed by atoms with van der Waals surface area (Å²) in [5.41, 5.74) is 1.66. The van der Waals surface area contributed by atoms with E-state index in [1.165, 1.54) is 34.5 Å². The number of nitrogens with zero attached hydrogens (tertiary/aromatic N) is 3. The van der Waals surface area contributed by atoms with Crippen molar-refractivity contribution < 1.29 is 23.0 Å². The molecule has 1 unspecified atom stereocenters. The van der Waals surface area contributed by atoms with Crippen LogP contribution in [0.1, 0.15) is 38.1 Å². The Kier molecular flexibility index (Phi) is 8.10. The molecule has 0 fully saturated rings. The van der Waals surface area contributed by atoms with E-state index in [-0.39, 0.29) is 18.3 Å². The van der Waals surface area contributed by atoms with E-state index >= 15 is 0 Å². The molecular formula is C22H25F2N5O3S. The fourth-order valence-electron chi connectivity index (χ4n) is 2.76. The summed E-state index contributed by atoms with van der Waals surface area (Å²) in [7, 11) is 0. The number of carbonyl (C=O) groups excluding carboxylic acids is 1. The van der Waals surface area contributed by atoms with Crippen LogP contribution in [0.3, 0.4) is 0 Å². The van der Waals surface area contributed by atoms with Gasteiger partial charge in [-0.15, -0.1) is 10.2 Å². The molecule has 3 aromatic rings. The van der Waals surface area contributed by atoms with Crippen LogP contribution in [0.2, 0.25) is 0 Å². The number of halogens is 2. The molecule has 0 spiro atoms. The molecule has 0 aliphatic carbocycles. The van der Waals surface area contributed by atoms with Gasteiger partial charge in [0.2, 0.25) is 11.1 Å². The molecule has 1 aromatic heterocycles. The second kappa shape index (κ2) is 11.0. The number of nitrogens with one attached hydrogen (secondary N) is 1. The molecule has 0 bridgehead atoms. The standard InChI is InChI=1S/C22H25F2N5O3S/c1-13(2)15-4-8-17(9-5-15)31-12-19-27-28-22(29(19)25)33-14(3)20(30)26-16-6-10-18(11-7-16)32-21(23)24/h4-11,13-14,21H,12,25H2,1-3H3,(H,26,30). The van der Waals surface area contributed by atoms with Crippen molar-refractivity contribution in [1.29, 1.82) is 0 Å². The summed E-state index contributed by atoms with van der Waals surface area (Å²) in [6.07, 6.45) is 0. The van der Waals surface area contributed by atoms with Crippen molar-refractivity contribution >= 4 is 23.4 Å². The van der Waals surface area contributed by atoms with E-state index in [9.17, 15) is 13.6 Å². The molecule has 0 aliphatic heterocycles. The Morgan fingerprint density at radius 3 is 2.30 bits per heavy atom. The van der Waals surface area contributed by atoms with Crippen LogP contribution in [0.4, 0.5) is 14.5 Å². The van der Waals surface area contributed by atoms with Crippen molar-refractivity contribution in [2.24, 2.45) is 0 Å². The maximum atomic E-state index is 12.5. The average Bonchev–Trinajstić information content (AvgIpc) is 3.12. The van der Waals surface area contributed by atoms with E-state index in [2.05, 4.69) is 34.1 Å². The number of benzene rings is 2. The topological polar surface area (TPSA) is 104 Å². The Bertz CT molecular complexity index is 1060. The maximum absolute atomic E-state index is 12.5. The lowest BCUT2D eigenvalue weighted by Crippen LogP contribution is -2.24. The number of ether oxygens (including phenoxy) is 2. The van der Waals surface area contributed by atoms with Crippen LogP contribution in [-0.4, -0.2) is 32.6 Å². The molecule has 2 aromatic carbocycles. The van der Waals surface area contributed by atoms with Crippen molar-refractivity contribution in [3.05, 3.63) is 59.9 Å². The van der Waals surface area contributed by atoms with Crippen molar-refractivity contribution in [2.45, 2.75) is 50.3 Å². The first-order valence-corrected chi connectivity index (χ1v) is 11.1. The lowest BCUT2D eigenvalue weighted by Gasteiger charge is -2.12. The van der Waals surface area contributed by atoms with Crippen molar-refractivity contribution in [2.75, 3.05) is 11.2 Å². The molecule has 3 N–H and O–H groups in total. The van der Waals surface area contributed by atoms with E-state index in [4.69, 9.17) is 10.6 Å². The molecule has 3 rings (SSSR count). The third-order valence-corrected chi connectivity index (χ3v) is 5.71. The lowest BCUT2D eigenvalue weighted by atomic mass is 10.0. The molecule has 0 saturated carbocycles. The monoisotopic (exact) mass is 477 g/mol. The van der Waals surface area contributed by atoms with Gasteiger partial charge in [0.15, 0.2) is 5.82 Å². The number of aromatic nitrogens is 3. The Balaban J connectivity index is 1.53. The van der Waals surface area contributed by atoms with E-state index in [0.29, 0.717) is 28.3 Å². The van der Waals surface area contributed by atoms with Crippen molar-refractivity contribution in [3.8, 4) is 11.5 Å². The zero-order valence-electron chi connectivity index (χ0n) is 18.4. The number of thioether (sulfide) groups is 1. The van der Waals surface area contributed by atoms with E-state index < -0.39 is 11.9 Å². The molecule has 0 aliphatic rings. The third kappa shape index (κ3) is 6.82. The van der Waals surface area contributed by atoms with Gasteiger partial charge < -0.3 is 20.6 Å². The van der Waals surface area contributed by atoms with E-state index in [0.717, 1.165) is 11.8 Å². The molecule has 8 nitrogen and oxygen atoms in total. The maximum Gasteiger partial charge on any atom is 0.387 e. The molecule has 11 heteroatoms. The average molecular weight is 478 g/mol. The Morgan fingerprint density at radius 2 is 1.70 bits per heavy atom. The van der Waals surface area contributed by atoms with Gasteiger partial charge in [0.1, 0.15) is 18.1 Å². The zero-order valence-corrected chi connectivity index (χ0v) is 19.2. The number of carbonyl (C=O) groups is 1. The summed E-state index contributed by atoms with van der Waals surface area (Å²) in [6.45, 7) is 3.15. The number of rotatable bonds is 10. The number of anilines is 1. The largest absolute Gasteiger partial charge is 0.486 e. The molecule has 1 atom stereocenters. The van der Waals surface area contributed by atoms with Crippen LogP contribution < -0.4 is 20.6 Å². The molecule has 1 heterocycles. The molecule has 0 saturated heterocycles. The van der Waals surface area contributed by atoms with E-state index in [1.807, 2.05) is 24.3 Å². The van der Waals surface area contributed by atoms with Crippen molar-refractivity contribution in [3.63, 3.8) is 0 Å². The number of amides is 1. The molecule has 1 amide bonds. The highest BCUT2D eigenvalue weighted by atomic mass is 32.2. The third-order valence-electron chi connectivity index (χ3n) is 4.65. The minimum absolute atomic E-state index is 0.00673. The van der Waals surface area contributed by atoms with E-state index in [1.54, 1.807) is 6.92 Å². The summed E-state index contributed by atoms with van der Waals surface area (Å²) < 4.78 is 35.8. The van der Waals surface area contributed by atoms with Crippen LogP contribution in [0.15, 0.2) is 53.7 Å². The molecule has 33 heavy (non-hydrogen) atoms. The van der Waals surface area contributed by atoms with Gasteiger partial charge in [0.25, 0.3) is 0 Å². The van der Waals surface area contributed by atoms with Gasteiger partial charge in [-0.3, -0.25) is 4.79 Å². The van der Waals surface area contributed by atoms with Crippen LogP contribution in [0.5, 0.6) is 11.5 Å². The number of hydrogen-bond donors (Lipinski definition) is 2. The van der Waals surface area contributed by atoms with Crippen LogP contribution >= 0.6 is 11.8 Å². The van der Waals surface area contributed by atoms with Crippen LogP contribution in [-0.2, 0) is 11.4 Å².